The smallest absolute Gasteiger partial charge is 0.196 e. The van der Waals surface area contributed by atoms with E-state index in [9.17, 15) is 4.79 Å². The minimum absolute atomic E-state index is 0. The van der Waals surface area contributed by atoms with E-state index in [0.29, 0.717) is 16.5 Å². The van der Waals surface area contributed by atoms with E-state index in [4.69, 9.17) is 4.74 Å². The van der Waals surface area contributed by atoms with Crippen LogP contribution in [0.5, 0.6) is 5.75 Å². The highest BCUT2D eigenvalue weighted by molar-refractivity contribution is 8.93. The van der Waals surface area contributed by atoms with Gasteiger partial charge >= 0.3 is 0 Å². The largest absolute Gasteiger partial charge is 0.486 e. The lowest BCUT2D eigenvalue weighted by atomic mass is 9.87. The van der Waals surface area contributed by atoms with E-state index < -0.39 is 0 Å². The standard InChI is InChI=1S/C29H31N3O2S.BrH/c1-20-11-13-22(14-12-20)27(33)21(2)35-28-31-30-26(32(28)24-9-7-6-8-10-24)19-34-25-17-15-23(16-18-25)29(3,4)5;/h6-18,21H,19H2,1-5H3;1H. The normalized spacial score (nSPS) is 12.0. The minimum Gasteiger partial charge on any atom is -0.486 e. The molecule has 1 aromatic heterocycles. The Balaban J connectivity index is 0.00000361. The van der Waals surface area contributed by atoms with E-state index in [2.05, 4.69) is 43.1 Å². The summed E-state index contributed by atoms with van der Waals surface area (Å²) in [5, 5.41) is 9.18. The number of carbonyl (C=O) groups is 1. The number of Topliss-reactive ketones (excluding diaryl/α,β-unsaturated/α-hetero) is 1. The van der Waals surface area contributed by atoms with Crippen LogP contribution in [0.3, 0.4) is 0 Å². The lowest BCUT2D eigenvalue weighted by molar-refractivity contribution is 0.0994. The number of aryl methyl sites for hydroxylation is 1. The van der Waals surface area contributed by atoms with Crippen molar-refractivity contribution in [2.45, 2.75) is 57.0 Å². The molecular weight excluding hydrogens is 534 g/mol. The Bertz CT molecular complexity index is 1280. The first-order valence-corrected chi connectivity index (χ1v) is 12.6. The van der Waals surface area contributed by atoms with Gasteiger partial charge in [0.1, 0.15) is 12.4 Å². The van der Waals surface area contributed by atoms with Gasteiger partial charge < -0.3 is 4.74 Å². The monoisotopic (exact) mass is 565 g/mol. The van der Waals surface area contributed by atoms with Crippen molar-refractivity contribution in [2.75, 3.05) is 0 Å². The number of aromatic nitrogens is 3. The predicted octanol–water partition coefficient (Wildman–Crippen LogP) is 7.39. The van der Waals surface area contributed by atoms with Crippen LogP contribution in [0.2, 0.25) is 0 Å². The fraction of sp³-hybridized carbons (Fsp3) is 0.276. The molecule has 0 N–H and O–H groups in total. The first-order chi connectivity index (χ1) is 16.7. The first-order valence-electron chi connectivity index (χ1n) is 11.7. The van der Waals surface area contributed by atoms with Crippen molar-refractivity contribution in [2.24, 2.45) is 0 Å². The van der Waals surface area contributed by atoms with Gasteiger partial charge in [0.15, 0.2) is 16.8 Å². The maximum Gasteiger partial charge on any atom is 0.196 e. The van der Waals surface area contributed by atoms with E-state index in [0.717, 1.165) is 17.0 Å². The van der Waals surface area contributed by atoms with Gasteiger partial charge in [-0.3, -0.25) is 9.36 Å². The van der Waals surface area contributed by atoms with Crippen LogP contribution in [-0.2, 0) is 12.0 Å². The van der Waals surface area contributed by atoms with Crippen molar-refractivity contribution in [1.82, 2.24) is 14.8 Å². The molecule has 36 heavy (non-hydrogen) atoms. The summed E-state index contributed by atoms with van der Waals surface area (Å²) in [7, 11) is 0. The summed E-state index contributed by atoms with van der Waals surface area (Å²) in [6.07, 6.45) is 0. The van der Waals surface area contributed by atoms with Gasteiger partial charge in [-0.25, -0.2) is 0 Å². The molecule has 5 nitrogen and oxygen atoms in total. The molecule has 0 saturated carbocycles. The van der Waals surface area contributed by atoms with Gasteiger partial charge in [0.05, 0.1) is 5.25 Å². The molecule has 0 saturated heterocycles. The fourth-order valence-corrected chi connectivity index (χ4v) is 4.63. The summed E-state index contributed by atoms with van der Waals surface area (Å²) in [5.41, 5.74) is 4.09. The van der Waals surface area contributed by atoms with Gasteiger partial charge in [-0.2, -0.15) is 0 Å². The molecule has 3 aromatic carbocycles. The summed E-state index contributed by atoms with van der Waals surface area (Å²) in [4.78, 5) is 13.0. The molecule has 0 aliphatic heterocycles. The van der Waals surface area contributed by atoms with Crippen LogP contribution in [0.1, 0.15) is 55.0 Å². The first kappa shape index (κ1) is 27.7. The number of thioether (sulfide) groups is 1. The molecule has 0 aliphatic rings. The quantitative estimate of drug-likeness (QED) is 0.164. The topological polar surface area (TPSA) is 57.0 Å². The van der Waals surface area contributed by atoms with E-state index >= 15 is 0 Å². The molecule has 0 fully saturated rings. The Hall–Kier alpha value is -2.90. The Morgan fingerprint density at radius 2 is 1.58 bits per heavy atom. The van der Waals surface area contributed by atoms with Crippen LogP contribution in [-0.4, -0.2) is 25.8 Å². The Kier molecular flexibility index (Phi) is 9.14. The third kappa shape index (κ3) is 6.65. The SMILES string of the molecule is Br.Cc1ccc(C(=O)C(C)Sc2nnc(COc3ccc(C(C)(C)C)cc3)n2-c2ccccc2)cc1. The number of rotatable bonds is 8. The molecule has 0 radical (unpaired) electrons. The maximum absolute atomic E-state index is 13.0. The number of benzene rings is 3. The van der Waals surface area contributed by atoms with Crippen LogP contribution in [0.25, 0.3) is 5.69 Å². The number of para-hydroxylation sites is 1. The van der Waals surface area contributed by atoms with Gasteiger partial charge in [0.2, 0.25) is 0 Å². The van der Waals surface area contributed by atoms with Gasteiger partial charge in [-0.05, 0) is 49.1 Å². The second-order valence-corrected chi connectivity index (χ2v) is 10.9. The van der Waals surface area contributed by atoms with Crippen molar-refractivity contribution >= 4 is 34.5 Å². The zero-order chi connectivity index (χ0) is 25.0. The molecule has 7 heteroatoms. The van der Waals surface area contributed by atoms with Gasteiger partial charge in [-0.15, -0.1) is 27.2 Å². The van der Waals surface area contributed by atoms with Crippen LogP contribution >= 0.6 is 28.7 Å². The number of halogens is 1. The summed E-state index contributed by atoms with van der Waals surface area (Å²) in [6.45, 7) is 10.7. The number of nitrogens with zero attached hydrogens (tertiary/aromatic N) is 3. The van der Waals surface area contributed by atoms with Gasteiger partial charge in [-0.1, -0.05) is 92.7 Å². The average molecular weight is 567 g/mol. The molecule has 0 aliphatic carbocycles. The van der Waals surface area contributed by atoms with Crippen molar-refractivity contribution in [3.05, 3.63) is 101 Å². The second kappa shape index (κ2) is 11.9. The summed E-state index contributed by atoms with van der Waals surface area (Å²) in [5.74, 6) is 1.51. The van der Waals surface area contributed by atoms with Crippen LogP contribution in [0.15, 0.2) is 84.0 Å². The third-order valence-corrected chi connectivity index (χ3v) is 6.83. The maximum atomic E-state index is 13.0. The molecule has 1 atom stereocenters. The van der Waals surface area contributed by atoms with E-state index in [-0.39, 0.29) is 40.0 Å². The molecule has 4 aromatic rings. The highest BCUT2D eigenvalue weighted by Crippen LogP contribution is 2.29. The van der Waals surface area contributed by atoms with Crippen LogP contribution < -0.4 is 4.74 Å². The molecule has 0 amide bonds. The van der Waals surface area contributed by atoms with Gasteiger partial charge in [0.25, 0.3) is 0 Å². The Labute approximate surface area is 228 Å². The fourth-order valence-electron chi connectivity index (χ4n) is 3.67. The van der Waals surface area contributed by atoms with Crippen LogP contribution in [0.4, 0.5) is 0 Å². The number of ketones is 1. The Morgan fingerprint density at radius 1 is 0.944 bits per heavy atom. The van der Waals surface area contributed by atoms with E-state index in [1.165, 1.54) is 17.3 Å². The highest BCUT2D eigenvalue weighted by atomic mass is 79.9. The van der Waals surface area contributed by atoms with E-state index in [1.807, 2.05) is 85.1 Å². The van der Waals surface area contributed by atoms with Crippen LogP contribution in [0, 0.1) is 6.92 Å². The molecule has 1 heterocycles. The average Bonchev–Trinajstić information content (AvgIpc) is 3.25. The van der Waals surface area contributed by atoms with Crippen molar-refractivity contribution in [3.8, 4) is 11.4 Å². The number of hydrogen-bond donors (Lipinski definition) is 0. The number of hydrogen-bond acceptors (Lipinski definition) is 5. The molecule has 4 rings (SSSR count). The highest BCUT2D eigenvalue weighted by Gasteiger charge is 2.22. The Morgan fingerprint density at radius 3 is 2.19 bits per heavy atom. The van der Waals surface area contributed by atoms with Gasteiger partial charge in [0, 0.05) is 11.3 Å². The third-order valence-electron chi connectivity index (χ3n) is 5.79. The molecule has 188 valence electrons. The minimum atomic E-state index is -0.317. The van der Waals surface area contributed by atoms with E-state index in [1.54, 1.807) is 0 Å². The number of carbonyl (C=O) groups excluding carboxylic acids is 1. The second-order valence-electron chi connectivity index (χ2n) is 9.62. The summed E-state index contributed by atoms with van der Waals surface area (Å²) >= 11 is 1.40. The lowest BCUT2D eigenvalue weighted by Gasteiger charge is -2.19. The molecule has 0 spiro atoms. The molecule has 0 bridgehead atoms. The van der Waals surface area contributed by atoms with Crippen molar-refractivity contribution in [3.63, 3.8) is 0 Å². The predicted molar refractivity (Wildman–Crippen MR) is 152 cm³/mol. The zero-order valence-electron chi connectivity index (χ0n) is 21.3. The summed E-state index contributed by atoms with van der Waals surface area (Å²) < 4.78 is 8.03. The zero-order valence-corrected chi connectivity index (χ0v) is 23.8. The molecular formula is C29H32BrN3O2S. The number of ether oxygens (including phenoxy) is 1. The van der Waals surface area contributed by atoms with Crippen molar-refractivity contribution in [1.29, 1.82) is 0 Å². The van der Waals surface area contributed by atoms with Crippen molar-refractivity contribution < 1.29 is 9.53 Å². The molecule has 1 unspecified atom stereocenters. The summed E-state index contributed by atoms with van der Waals surface area (Å²) in [6, 6.07) is 25.8. The lowest BCUT2D eigenvalue weighted by Crippen LogP contribution is -2.15.